The van der Waals surface area contributed by atoms with Crippen molar-refractivity contribution in [2.45, 2.75) is 437 Å². The number of nitrogens with one attached hydrogen (secondary N) is 1. The summed E-state index contributed by atoms with van der Waals surface area (Å²) in [5.74, 6) is -0.0357. The Bertz CT molecular complexity index is 1210. The number of allylic oxidation sites excluding steroid dienone is 1. The van der Waals surface area contributed by atoms with Gasteiger partial charge in [-0.15, -0.1) is 0 Å². The molecule has 0 heterocycles. The van der Waals surface area contributed by atoms with Crippen LogP contribution in [-0.4, -0.2) is 47.4 Å². The number of amides is 1. The lowest BCUT2D eigenvalue weighted by Gasteiger charge is -2.20. The van der Waals surface area contributed by atoms with Gasteiger partial charge >= 0.3 is 5.97 Å². The number of carbonyl (C=O) groups excluding carboxylic acids is 2. The van der Waals surface area contributed by atoms with Gasteiger partial charge in [-0.05, 0) is 32.1 Å². The van der Waals surface area contributed by atoms with Crippen LogP contribution < -0.4 is 5.32 Å². The van der Waals surface area contributed by atoms with E-state index in [1.807, 2.05) is 6.08 Å². The van der Waals surface area contributed by atoms with Crippen LogP contribution in [0.3, 0.4) is 0 Å². The van der Waals surface area contributed by atoms with Crippen LogP contribution in [0.2, 0.25) is 0 Å². The normalized spacial score (nSPS) is 12.5. The first-order chi connectivity index (χ1) is 39.5. The molecule has 6 nitrogen and oxygen atoms in total. The van der Waals surface area contributed by atoms with Crippen molar-refractivity contribution in [3.05, 3.63) is 12.2 Å². The molecule has 0 fully saturated rings. The molecule has 0 rings (SSSR count). The van der Waals surface area contributed by atoms with Crippen LogP contribution in [-0.2, 0) is 14.3 Å². The van der Waals surface area contributed by atoms with E-state index in [1.54, 1.807) is 6.08 Å². The Hall–Kier alpha value is -1.40. The van der Waals surface area contributed by atoms with E-state index >= 15 is 0 Å². The van der Waals surface area contributed by atoms with Crippen LogP contribution in [0.4, 0.5) is 0 Å². The summed E-state index contributed by atoms with van der Waals surface area (Å²) in [6, 6.07) is -0.624. The van der Waals surface area contributed by atoms with Crippen LogP contribution in [0, 0.1) is 0 Å². The molecule has 476 valence electrons. The molecule has 0 aliphatic rings. The van der Waals surface area contributed by atoms with Crippen molar-refractivity contribution in [3.8, 4) is 0 Å². The predicted octanol–water partition coefficient (Wildman–Crippen LogP) is 23.9. The van der Waals surface area contributed by atoms with Gasteiger partial charge in [0.05, 0.1) is 25.4 Å². The molecule has 0 radical (unpaired) electrons. The van der Waals surface area contributed by atoms with Gasteiger partial charge in [-0.2, -0.15) is 0 Å². The molecular formula is C74H145NO5. The fraction of sp³-hybridized carbons (Fsp3) is 0.946. The lowest BCUT2D eigenvalue weighted by molar-refractivity contribution is -0.143. The summed E-state index contributed by atoms with van der Waals surface area (Å²) in [5, 5.41) is 23.2. The Morgan fingerprint density at radius 1 is 0.338 bits per heavy atom. The van der Waals surface area contributed by atoms with Crippen molar-refractivity contribution in [3.63, 3.8) is 0 Å². The number of aliphatic hydroxyl groups is 2. The van der Waals surface area contributed by atoms with Gasteiger partial charge in [0.25, 0.3) is 0 Å². The molecule has 1 amide bonds. The highest BCUT2D eigenvalue weighted by Gasteiger charge is 2.18. The smallest absolute Gasteiger partial charge is 0.305 e. The van der Waals surface area contributed by atoms with Crippen molar-refractivity contribution in [1.82, 2.24) is 5.32 Å². The average Bonchev–Trinajstić information content (AvgIpc) is 3.46. The number of unbranched alkanes of at least 4 members (excludes halogenated alkanes) is 59. The first-order valence-corrected chi connectivity index (χ1v) is 37.0. The van der Waals surface area contributed by atoms with Crippen molar-refractivity contribution in [1.29, 1.82) is 0 Å². The minimum atomic E-state index is -0.841. The zero-order valence-corrected chi connectivity index (χ0v) is 54.6. The highest BCUT2D eigenvalue weighted by atomic mass is 16.5. The first kappa shape index (κ1) is 78.6. The van der Waals surface area contributed by atoms with Gasteiger partial charge in [0.2, 0.25) is 5.91 Å². The summed E-state index contributed by atoms with van der Waals surface area (Å²) >= 11 is 0. The van der Waals surface area contributed by atoms with Crippen LogP contribution in [0.5, 0.6) is 0 Å². The van der Waals surface area contributed by atoms with E-state index in [1.165, 1.54) is 360 Å². The third-order valence-electron chi connectivity index (χ3n) is 17.6. The van der Waals surface area contributed by atoms with Gasteiger partial charge in [-0.25, -0.2) is 0 Å². The maximum atomic E-state index is 12.5. The molecule has 0 aliphatic heterocycles. The van der Waals surface area contributed by atoms with Gasteiger partial charge in [-0.3, -0.25) is 9.59 Å². The van der Waals surface area contributed by atoms with E-state index in [2.05, 4.69) is 19.2 Å². The lowest BCUT2D eigenvalue weighted by atomic mass is 10.0. The monoisotopic (exact) mass is 1130 g/mol. The molecule has 3 N–H and O–H groups in total. The summed E-state index contributed by atoms with van der Waals surface area (Å²) < 4.78 is 5.52. The van der Waals surface area contributed by atoms with E-state index < -0.39 is 12.1 Å². The van der Waals surface area contributed by atoms with Crippen LogP contribution in [0.25, 0.3) is 0 Å². The standard InChI is InChI=1S/C74H145NO5/c1-3-5-7-9-11-13-15-17-19-20-36-40-44-48-52-56-60-64-68-74(79)80-69-65-61-57-53-49-45-41-37-34-32-30-28-26-24-22-21-23-25-27-29-31-33-35-39-43-47-51-55-59-63-67-73(78)75-71(70-76)72(77)66-62-58-54-50-46-42-38-18-16-14-12-10-8-6-4-2/h62,66,71-72,76-77H,3-61,63-65,67-70H2,1-2H3,(H,75,78)/b66-62+. The zero-order chi connectivity index (χ0) is 57.8. The minimum absolute atomic E-state index is 0.0252. The molecule has 0 aromatic heterocycles. The first-order valence-electron chi connectivity index (χ1n) is 37.0. The Kier molecular flexibility index (Phi) is 68.9. The second-order valence-corrected chi connectivity index (χ2v) is 25.6. The van der Waals surface area contributed by atoms with Gasteiger partial charge in [-0.1, -0.05) is 392 Å². The molecular weight excluding hydrogens is 983 g/mol. The summed E-state index contributed by atoms with van der Waals surface area (Å²) in [6.07, 6.45) is 87.4. The largest absolute Gasteiger partial charge is 0.466 e. The average molecular weight is 1130 g/mol. The van der Waals surface area contributed by atoms with E-state index in [4.69, 9.17) is 4.74 Å². The number of esters is 1. The van der Waals surface area contributed by atoms with Gasteiger partial charge in [0.1, 0.15) is 0 Å². The molecule has 6 heteroatoms. The summed E-state index contributed by atoms with van der Waals surface area (Å²) in [4.78, 5) is 24.6. The Morgan fingerprint density at radius 3 is 0.850 bits per heavy atom. The SMILES string of the molecule is CCCCCCCCCCCCCCC/C=C/C(O)C(CO)NC(=O)CCCCCCCCCCCCCCCCCCCCCCCCCCCCCCCCOC(=O)CCCCCCCCCCCCCCCCCCCC. The predicted molar refractivity (Wildman–Crippen MR) is 352 cm³/mol. The Morgan fingerprint density at radius 2 is 0.575 bits per heavy atom. The van der Waals surface area contributed by atoms with E-state index in [0.717, 1.165) is 38.5 Å². The van der Waals surface area contributed by atoms with Crippen molar-refractivity contribution in [2.24, 2.45) is 0 Å². The number of carbonyl (C=O) groups is 2. The van der Waals surface area contributed by atoms with Crippen molar-refractivity contribution in [2.75, 3.05) is 13.2 Å². The highest BCUT2D eigenvalue weighted by molar-refractivity contribution is 5.76. The van der Waals surface area contributed by atoms with Gasteiger partial charge in [0.15, 0.2) is 0 Å². The van der Waals surface area contributed by atoms with Crippen molar-refractivity contribution >= 4 is 11.9 Å². The number of aliphatic hydroxyl groups excluding tert-OH is 2. The third kappa shape index (κ3) is 65.7. The summed E-state index contributed by atoms with van der Waals surface area (Å²) in [7, 11) is 0. The summed E-state index contributed by atoms with van der Waals surface area (Å²) in [6.45, 7) is 4.95. The molecule has 0 aromatic rings. The third-order valence-corrected chi connectivity index (χ3v) is 17.6. The number of ether oxygens (including phenoxy) is 1. The Balaban J connectivity index is 3.32. The maximum Gasteiger partial charge on any atom is 0.305 e. The fourth-order valence-corrected chi connectivity index (χ4v) is 11.9. The highest BCUT2D eigenvalue weighted by Crippen LogP contribution is 2.20. The number of rotatable bonds is 70. The topological polar surface area (TPSA) is 95.9 Å². The fourth-order valence-electron chi connectivity index (χ4n) is 11.9. The van der Waals surface area contributed by atoms with Crippen LogP contribution >= 0.6 is 0 Å². The number of hydrogen-bond donors (Lipinski definition) is 3. The molecule has 0 saturated carbocycles. The molecule has 80 heavy (non-hydrogen) atoms. The molecule has 2 atom stereocenters. The lowest BCUT2D eigenvalue weighted by Crippen LogP contribution is -2.45. The van der Waals surface area contributed by atoms with Gasteiger partial charge < -0.3 is 20.3 Å². The zero-order valence-electron chi connectivity index (χ0n) is 54.6. The van der Waals surface area contributed by atoms with Crippen LogP contribution in [0.15, 0.2) is 12.2 Å². The summed E-state index contributed by atoms with van der Waals surface area (Å²) in [5.41, 5.74) is 0. The maximum absolute atomic E-state index is 12.5. The van der Waals surface area contributed by atoms with Crippen molar-refractivity contribution < 1.29 is 24.5 Å². The Labute approximate surface area is 501 Å². The molecule has 2 unspecified atom stereocenters. The van der Waals surface area contributed by atoms with E-state index in [9.17, 15) is 19.8 Å². The molecule has 0 bridgehead atoms. The van der Waals surface area contributed by atoms with Crippen LogP contribution in [0.1, 0.15) is 425 Å². The molecule has 0 saturated heterocycles. The van der Waals surface area contributed by atoms with E-state index in [-0.39, 0.29) is 18.5 Å². The second-order valence-electron chi connectivity index (χ2n) is 25.6. The second kappa shape index (κ2) is 70.1. The molecule has 0 aliphatic carbocycles. The molecule has 0 aromatic carbocycles. The van der Waals surface area contributed by atoms with E-state index in [0.29, 0.717) is 19.4 Å². The minimum Gasteiger partial charge on any atom is -0.466 e. The van der Waals surface area contributed by atoms with Gasteiger partial charge in [0, 0.05) is 12.8 Å². The molecule has 0 spiro atoms. The number of hydrogen-bond acceptors (Lipinski definition) is 5. The quantitative estimate of drug-likeness (QED) is 0.0320.